The Bertz CT molecular complexity index is 861. The van der Waals surface area contributed by atoms with Gasteiger partial charge in [0.1, 0.15) is 17.1 Å². The smallest absolute Gasteiger partial charge is 0.184 e. The SMILES string of the molecule is COc1ccc(F)c(-n2c(=S)[nH]c3c(C)nn(C)c32)c1. The molecule has 20 heavy (non-hydrogen) atoms. The second-order valence-corrected chi connectivity index (χ2v) is 4.88. The van der Waals surface area contributed by atoms with Crippen LogP contribution in [0.2, 0.25) is 0 Å². The lowest BCUT2D eigenvalue weighted by Crippen LogP contribution is -2.03. The predicted octanol–water partition coefficient (Wildman–Crippen LogP) is 2.88. The van der Waals surface area contributed by atoms with E-state index in [1.807, 2.05) is 6.92 Å². The number of nitrogens with zero attached hydrogens (tertiary/aromatic N) is 3. The number of fused-ring (bicyclic) bond motifs is 1. The van der Waals surface area contributed by atoms with Crippen LogP contribution in [0.4, 0.5) is 4.39 Å². The maximum absolute atomic E-state index is 14.1. The summed E-state index contributed by atoms with van der Waals surface area (Å²) in [5, 5.41) is 4.31. The summed E-state index contributed by atoms with van der Waals surface area (Å²) in [5.74, 6) is 0.193. The van der Waals surface area contributed by atoms with E-state index < -0.39 is 0 Å². The summed E-state index contributed by atoms with van der Waals surface area (Å²) in [6.45, 7) is 1.87. The number of imidazole rings is 1. The molecule has 0 amide bonds. The quantitative estimate of drug-likeness (QED) is 0.739. The van der Waals surface area contributed by atoms with Crippen LogP contribution in [0.25, 0.3) is 16.9 Å². The second-order valence-electron chi connectivity index (χ2n) is 4.49. The molecule has 3 aromatic rings. The highest BCUT2D eigenvalue weighted by Gasteiger charge is 2.17. The summed E-state index contributed by atoms with van der Waals surface area (Å²) in [6.07, 6.45) is 0. The number of benzene rings is 1. The fourth-order valence-corrected chi connectivity index (χ4v) is 2.61. The molecule has 0 aliphatic heterocycles. The van der Waals surface area contributed by atoms with Crippen LogP contribution in [0.15, 0.2) is 18.2 Å². The van der Waals surface area contributed by atoms with Gasteiger partial charge in [-0.2, -0.15) is 5.10 Å². The van der Waals surface area contributed by atoms with Gasteiger partial charge in [-0.05, 0) is 31.3 Å². The van der Waals surface area contributed by atoms with Crippen molar-refractivity contribution < 1.29 is 9.13 Å². The summed E-state index contributed by atoms with van der Waals surface area (Å²) in [7, 11) is 3.34. The molecule has 7 heteroatoms. The molecular weight excluding hydrogens is 279 g/mol. The van der Waals surface area contributed by atoms with Crippen molar-refractivity contribution in [3.63, 3.8) is 0 Å². The van der Waals surface area contributed by atoms with Gasteiger partial charge in [-0.25, -0.2) is 9.07 Å². The van der Waals surface area contributed by atoms with E-state index in [1.165, 1.54) is 13.2 Å². The fraction of sp³-hybridized carbons (Fsp3) is 0.231. The van der Waals surface area contributed by atoms with Crippen molar-refractivity contribution in [2.24, 2.45) is 7.05 Å². The topological polar surface area (TPSA) is 47.8 Å². The van der Waals surface area contributed by atoms with Gasteiger partial charge >= 0.3 is 0 Å². The first-order valence-corrected chi connectivity index (χ1v) is 6.42. The van der Waals surface area contributed by atoms with E-state index in [-0.39, 0.29) is 5.82 Å². The van der Waals surface area contributed by atoms with Crippen LogP contribution < -0.4 is 4.74 Å². The minimum Gasteiger partial charge on any atom is -0.497 e. The van der Waals surface area contributed by atoms with E-state index >= 15 is 0 Å². The number of aryl methyl sites for hydroxylation is 2. The minimum atomic E-state index is -0.373. The molecule has 0 aliphatic rings. The molecule has 0 bridgehead atoms. The normalized spacial score (nSPS) is 11.2. The highest BCUT2D eigenvalue weighted by molar-refractivity contribution is 7.71. The maximum Gasteiger partial charge on any atom is 0.184 e. The Hall–Kier alpha value is -2.15. The molecule has 0 radical (unpaired) electrons. The van der Waals surface area contributed by atoms with Crippen molar-refractivity contribution >= 4 is 23.4 Å². The van der Waals surface area contributed by atoms with Crippen LogP contribution in [-0.4, -0.2) is 26.4 Å². The number of H-pyrrole nitrogens is 1. The molecule has 2 aromatic heterocycles. The molecule has 1 aromatic carbocycles. The second kappa shape index (κ2) is 4.45. The zero-order valence-corrected chi connectivity index (χ0v) is 12.1. The molecule has 1 N–H and O–H groups in total. The molecule has 0 unspecified atom stereocenters. The van der Waals surface area contributed by atoms with Crippen LogP contribution in [0, 0.1) is 17.5 Å². The van der Waals surface area contributed by atoms with Crippen LogP contribution in [-0.2, 0) is 7.05 Å². The zero-order valence-electron chi connectivity index (χ0n) is 11.3. The summed E-state index contributed by atoms with van der Waals surface area (Å²) in [5.41, 5.74) is 2.68. The lowest BCUT2D eigenvalue weighted by molar-refractivity contribution is 0.413. The van der Waals surface area contributed by atoms with Gasteiger partial charge in [-0.1, -0.05) is 0 Å². The molecular formula is C13H13FN4OS. The van der Waals surface area contributed by atoms with Crippen LogP contribution >= 0.6 is 12.2 Å². The average Bonchev–Trinajstić information content (AvgIpc) is 2.89. The lowest BCUT2D eigenvalue weighted by Gasteiger charge is -2.08. The van der Waals surface area contributed by atoms with Crippen molar-refractivity contribution in [2.45, 2.75) is 6.92 Å². The van der Waals surface area contributed by atoms with Gasteiger partial charge in [0.25, 0.3) is 0 Å². The summed E-state index contributed by atoms with van der Waals surface area (Å²) in [6, 6.07) is 4.54. The highest BCUT2D eigenvalue weighted by atomic mass is 32.1. The van der Waals surface area contributed by atoms with Gasteiger partial charge in [0.15, 0.2) is 10.4 Å². The summed E-state index contributed by atoms with van der Waals surface area (Å²) >= 11 is 5.31. The third kappa shape index (κ3) is 1.74. The molecule has 2 heterocycles. The van der Waals surface area contributed by atoms with E-state index in [2.05, 4.69) is 10.1 Å². The van der Waals surface area contributed by atoms with Gasteiger partial charge in [0, 0.05) is 13.1 Å². The maximum atomic E-state index is 14.1. The summed E-state index contributed by atoms with van der Waals surface area (Å²) < 4.78 is 23.0. The van der Waals surface area contributed by atoms with Crippen LogP contribution in [0.3, 0.4) is 0 Å². The van der Waals surface area contributed by atoms with E-state index in [4.69, 9.17) is 17.0 Å². The number of aromatic amines is 1. The number of methoxy groups -OCH3 is 1. The molecule has 0 spiro atoms. The fourth-order valence-electron chi connectivity index (χ4n) is 2.32. The van der Waals surface area contributed by atoms with E-state index in [1.54, 1.807) is 28.4 Å². The number of aromatic nitrogens is 4. The Kier molecular flexibility index (Phi) is 2.86. The first kappa shape index (κ1) is 12.9. The van der Waals surface area contributed by atoms with Crippen LogP contribution in [0.1, 0.15) is 5.69 Å². The molecule has 0 aliphatic carbocycles. The van der Waals surface area contributed by atoms with Gasteiger partial charge in [0.2, 0.25) is 0 Å². The average molecular weight is 292 g/mol. The Morgan fingerprint density at radius 2 is 2.15 bits per heavy atom. The van der Waals surface area contributed by atoms with E-state index in [9.17, 15) is 4.39 Å². The van der Waals surface area contributed by atoms with Gasteiger partial charge in [-0.15, -0.1) is 0 Å². The van der Waals surface area contributed by atoms with E-state index in [0.29, 0.717) is 16.2 Å². The van der Waals surface area contributed by atoms with Crippen molar-refractivity contribution in [1.82, 2.24) is 19.3 Å². The number of nitrogens with one attached hydrogen (secondary N) is 1. The Labute approximate surface area is 119 Å². The molecule has 3 rings (SSSR count). The Balaban J connectivity index is 2.40. The number of hydrogen-bond donors (Lipinski definition) is 1. The summed E-state index contributed by atoms with van der Waals surface area (Å²) in [4.78, 5) is 3.07. The monoisotopic (exact) mass is 292 g/mol. The highest BCUT2D eigenvalue weighted by Crippen LogP contribution is 2.26. The first-order chi connectivity index (χ1) is 9.52. The number of hydrogen-bond acceptors (Lipinski definition) is 3. The standard InChI is InChI=1S/C13H13FN4OS/c1-7-11-12(17(2)16-7)18(13(20)15-11)10-6-8(19-3)4-5-9(10)14/h4-6H,1-3H3,(H,15,20). The molecule has 5 nitrogen and oxygen atoms in total. The van der Waals surface area contributed by atoms with Crippen LogP contribution in [0.5, 0.6) is 5.75 Å². The lowest BCUT2D eigenvalue weighted by atomic mass is 10.3. The Morgan fingerprint density at radius 1 is 1.40 bits per heavy atom. The zero-order chi connectivity index (χ0) is 14.4. The number of ether oxygens (including phenoxy) is 1. The molecule has 0 fully saturated rings. The third-order valence-corrected chi connectivity index (χ3v) is 3.52. The minimum absolute atomic E-state index is 0.337. The number of rotatable bonds is 2. The number of halogens is 1. The third-order valence-electron chi connectivity index (χ3n) is 3.23. The van der Waals surface area contributed by atoms with E-state index in [0.717, 1.165) is 16.9 Å². The van der Waals surface area contributed by atoms with Gasteiger partial charge in [-0.3, -0.25) is 4.57 Å². The Morgan fingerprint density at radius 3 is 2.85 bits per heavy atom. The van der Waals surface area contributed by atoms with Crippen molar-refractivity contribution in [1.29, 1.82) is 0 Å². The van der Waals surface area contributed by atoms with Gasteiger partial charge < -0.3 is 9.72 Å². The molecule has 104 valence electrons. The largest absolute Gasteiger partial charge is 0.497 e. The predicted molar refractivity (Wildman–Crippen MR) is 76.5 cm³/mol. The first-order valence-electron chi connectivity index (χ1n) is 6.01. The van der Waals surface area contributed by atoms with Crippen molar-refractivity contribution in [2.75, 3.05) is 7.11 Å². The molecule has 0 atom stereocenters. The van der Waals surface area contributed by atoms with Crippen molar-refractivity contribution in [3.8, 4) is 11.4 Å². The van der Waals surface area contributed by atoms with Gasteiger partial charge in [0.05, 0.1) is 18.5 Å². The molecule has 0 saturated heterocycles. The van der Waals surface area contributed by atoms with Crippen molar-refractivity contribution in [3.05, 3.63) is 34.5 Å². The molecule has 0 saturated carbocycles.